The van der Waals surface area contributed by atoms with Gasteiger partial charge in [-0.25, -0.2) is 0 Å². The largest absolute Gasteiger partial charge is 0.370 e. The molecule has 5 heteroatoms. The van der Waals surface area contributed by atoms with Crippen molar-refractivity contribution in [1.82, 2.24) is 4.98 Å². The average Bonchev–Trinajstić information content (AvgIpc) is 2.58. The molecule has 0 radical (unpaired) electrons. The molecule has 1 aromatic rings. The maximum Gasteiger partial charge on any atom is 0.0648 e. The number of hydrogen-bond acceptors (Lipinski definition) is 4. The molecule has 1 aromatic heterocycles. The first-order chi connectivity index (χ1) is 7.40. The quantitative estimate of drug-likeness (QED) is 0.600. The van der Waals surface area contributed by atoms with Crippen LogP contribution in [0.5, 0.6) is 0 Å². The van der Waals surface area contributed by atoms with Crippen LogP contribution in [-0.4, -0.2) is 29.6 Å². The van der Waals surface area contributed by atoms with Gasteiger partial charge in [0, 0.05) is 36.5 Å². The van der Waals surface area contributed by atoms with Crippen molar-refractivity contribution in [3.8, 4) is 0 Å². The molecule has 0 unspecified atom stereocenters. The third-order valence-corrected chi connectivity index (χ3v) is 4.91. The monoisotopic (exact) mass is 260 g/mol. The van der Waals surface area contributed by atoms with Crippen LogP contribution in [0.25, 0.3) is 0 Å². The van der Waals surface area contributed by atoms with E-state index in [1.54, 1.807) is 0 Å². The van der Waals surface area contributed by atoms with E-state index in [1.807, 2.05) is 27.8 Å². The standard InChI is InChI=1S/C10H13ClN2S2/c11-8-9-7-10(1-2-12-9)13-3-5-14-15-6-4-13/h1-2,7H,3-6,8H2. The highest BCUT2D eigenvalue weighted by Gasteiger charge is 2.10. The molecular formula is C10H13ClN2S2. The van der Waals surface area contributed by atoms with E-state index in [2.05, 4.69) is 22.0 Å². The van der Waals surface area contributed by atoms with Gasteiger partial charge in [-0.15, -0.1) is 11.6 Å². The van der Waals surface area contributed by atoms with Crippen LogP contribution in [0.2, 0.25) is 0 Å². The minimum absolute atomic E-state index is 0.491. The topological polar surface area (TPSA) is 16.1 Å². The maximum atomic E-state index is 5.78. The highest BCUT2D eigenvalue weighted by molar-refractivity contribution is 8.76. The van der Waals surface area contributed by atoms with Gasteiger partial charge in [0.1, 0.15) is 0 Å². The molecule has 0 aromatic carbocycles. The van der Waals surface area contributed by atoms with E-state index in [4.69, 9.17) is 11.6 Å². The van der Waals surface area contributed by atoms with Gasteiger partial charge in [0.25, 0.3) is 0 Å². The lowest BCUT2D eigenvalue weighted by molar-refractivity contribution is 0.880. The third-order valence-electron chi connectivity index (χ3n) is 2.27. The lowest BCUT2D eigenvalue weighted by atomic mass is 10.3. The molecule has 1 aliphatic heterocycles. The summed E-state index contributed by atoms with van der Waals surface area (Å²) in [5, 5.41) is 0. The maximum absolute atomic E-state index is 5.78. The zero-order valence-electron chi connectivity index (χ0n) is 8.36. The molecule has 15 heavy (non-hydrogen) atoms. The molecule has 0 spiro atoms. The van der Waals surface area contributed by atoms with Gasteiger partial charge in [-0.05, 0) is 12.1 Å². The van der Waals surface area contributed by atoms with Gasteiger partial charge in [-0.1, -0.05) is 21.6 Å². The van der Waals surface area contributed by atoms with E-state index in [1.165, 1.54) is 17.2 Å². The van der Waals surface area contributed by atoms with Crippen molar-refractivity contribution >= 4 is 38.9 Å². The number of alkyl halides is 1. The Morgan fingerprint density at radius 3 is 2.73 bits per heavy atom. The van der Waals surface area contributed by atoms with Crippen molar-refractivity contribution in [3.63, 3.8) is 0 Å². The van der Waals surface area contributed by atoms with Crippen molar-refractivity contribution in [2.24, 2.45) is 0 Å². The molecule has 2 rings (SSSR count). The van der Waals surface area contributed by atoms with E-state index in [9.17, 15) is 0 Å². The molecule has 0 bridgehead atoms. The molecule has 1 saturated heterocycles. The Labute approximate surface area is 103 Å². The number of pyridine rings is 1. The third kappa shape index (κ3) is 3.20. The van der Waals surface area contributed by atoms with Crippen LogP contribution in [-0.2, 0) is 5.88 Å². The Balaban J connectivity index is 2.12. The summed E-state index contributed by atoms with van der Waals surface area (Å²) in [7, 11) is 3.91. The van der Waals surface area contributed by atoms with Crippen molar-refractivity contribution in [3.05, 3.63) is 24.0 Å². The average molecular weight is 261 g/mol. The SMILES string of the molecule is ClCc1cc(N2CCSSCC2)ccn1. The first kappa shape index (κ1) is 11.4. The zero-order valence-corrected chi connectivity index (χ0v) is 10.7. The number of hydrogen-bond donors (Lipinski definition) is 0. The van der Waals surface area contributed by atoms with E-state index in [-0.39, 0.29) is 0 Å². The van der Waals surface area contributed by atoms with Crippen LogP contribution >= 0.6 is 33.2 Å². The Morgan fingerprint density at radius 2 is 2.07 bits per heavy atom. The lowest BCUT2D eigenvalue weighted by Crippen LogP contribution is -2.26. The highest BCUT2D eigenvalue weighted by Crippen LogP contribution is 2.26. The zero-order chi connectivity index (χ0) is 10.5. The molecule has 0 aliphatic carbocycles. The van der Waals surface area contributed by atoms with Gasteiger partial charge in [0.15, 0.2) is 0 Å². The summed E-state index contributed by atoms with van der Waals surface area (Å²) in [6.07, 6.45) is 1.85. The smallest absolute Gasteiger partial charge is 0.0648 e. The van der Waals surface area contributed by atoms with Gasteiger partial charge in [-0.2, -0.15) is 0 Å². The predicted octanol–water partition coefficient (Wildman–Crippen LogP) is 3.02. The van der Waals surface area contributed by atoms with Crippen molar-refractivity contribution in [1.29, 1.82) is 0 Å². The molecule has 2 heterocycles. The normalized spacial score (nSPS) is 17.5. The highest BCUT2D eigenvalue weighted by atomic mass is 35.5. The van der Waals surface area contributed by atoms with Crippen molar-refractivity contribution in [2.45, 2.75) is 5.88 Å². The second-order valence-electron chi connectivity index (χ2n) is 3.27. The first-order valence-electron chi connectivity index (χ1n) is 4.90. The second kappa shape index (κ2) is 5.87. The summed E-state index contributed by atoms with van der Waals surface area (Å²) in [4.78, 5) is 6.61. The van der Waals surface area contributed by atoms with Crippen LogP contribution in [0.1, 0.15) is 5.69 Å². The van der Waals surface area contributed by atoms with E-state index in [0.29, 0.717) is 5.88 Å². The number of nitrogens with zero attached hydrogens (tertiary/aromatic N) is 2. The van der Waals surface area contributed by atoms with Gasteiger partial charge in [-0.3, -0.25) is 4.98 Å². The summed E-state index contributed by atoms with van der Waals surface area (Å²) >= 11 is 5.78. The summed E-state index contributed by atoms with van der Waals surface area (Å²) < 4.78 is 0. The minimum Gasteiger partial charge on any atom is -0.370 e. The van der Waals surface area contributed by atoms with Gasteiger partial charge < -0.3 is 4.90 Å². The van der Waals surface area contributed by atoms with Crippen LogP contribution in [0, 0.1) is 0 Å². The van der Waals surface area contributed by atoms with Crippen LogP contribution < -0.4 is 4.90 Å². The molecule has 0 N–H and O–H groups in total. The summed E-state index contributed by atoms with van der Waals surface area (Å²) in [5.74, 6) is 2.86. The lowest BCUT2D eigenvalue weighted by Gasteiger charge is -2.22. The van der Waals surface area contributed by atoms with Gasteiger partial charge in [0.05, 0.1) is 11.6 Å². The van der Waals surface area contributed by atoms with Crippen molar-refractivity contribution in [2.75, 3.05) is 29.5 Å². The van der Waals surface area contributed by atoms with Crippen LogP contribution in [0.3, 0.4) is 0 Å². The molecule has 0 atom stereocenters. The van der Waals surface area contributed by atoms with Crippen LogP contribution in [0.4, 0.5) is 5.69 Å². The molecule has 0 saturated carbocycles. The Bertz CT molecular complexity index is 314. The van der Waals surface area contributed by atoms with Gasteiger partial charge in [0.2, 0.25) is 0 Å². The summed E-state index contributed by atoms with van der Waals surface area (Å²) in [6, 6.07) is 4.16. The van der Waals surface area contributed by atoms with Gasteiger partial charge >= 0.3 is 0 Å². The molecule has 1 aliphatic rings. The summed E-state index contributed by atoms with van der Waals surface area (Å²) in [6.45, 7) is 2.23. The number of rotatable bonds is 2. The fourth-order valence-corrected chi connectivity index (χ4v) is 3.64. The number of anilines is 1. The second-order valence-corrected chi connectivity index (χ2v) is 6.24. The number of aromatic nitrogens is 1. The molecule has 2 nitrogen and oxygen atoms in total. The fraction of sp³-hybridized carbons (Fsp3) is 0.500. The molecule has 82 valence electrons. The Kier molecular flexibility index (Phi) is 4.47. The molecule has 1 fully saturated rings. The van der Waals surface area contributed by atoms with Crippen LogP contribution in [0.15, 0.2) is 18.3 Å². The van der Waals surface area contributed by atoms with E-state index in [0.717, 1.165) is 18.8 Å². The molecular weight excluding hydrogens is 248 g/mol. The number of halogens is 1. The Morgan fingerprint density at radius 1 is 1.33 bits per heavy atom. The molecule has 0 amide bonds. The first-order valence-corrected chi connectivity index (χ1v) is 7.92. The summed E-state index contributed by atoms with van der Waals surface area (Å²) in [5.41, 5.74) is 2.21. The fourth-order valence-electron chi connectivity index (χ4n) is 1.52. The van der Waals surface area contributed by atoms with E-state index >= 15 is 0 Å². The minimum atomic E-state index is 0.491. The van der Waals surface area contributed by atoms with E-state index < -0.39 is 0 Å². The van der Waals surface area contributed by atoms with Crippen molar-refractivity contribution < 1.29 is 0 Å². The predicted molar refractivity (Wildman–Crippen MR) is 70.9 cm³/mol. The Hall–Kier alpha value is -0.0600.